The number of hydrogen-bond donors (Lipinski definition) is 1. The summed E-state index contributed by atoms with van der Waals surface area (Å²) in [7, 11) is 2.17. The van der Waals surface area contributed by atoms with Gasteiger partial charge in [-0.2, -0.15) is 0 Å². The van der Waals surface area contributed by atoms with Gasteiger partial charge in [-0.05, 0) is 32.0 Å². The van der Waals surface area contributed by atoms with Crippen LogP contribution in [0.2, 0.25) is 0 Å². The minimum absolute atomic E-state index is 0.352. The zero-order valence-electron chi connectivity index (χ0n) is 11.4. The van der Waals surface area contributed by atoms with Crippen LogP contribution in [0.1, 0.15) is 18.4 Å². The topological polar surface area (TPSA) is 36.9 Å². The molecule has 1 aromatic rings. The number of amidine groups is 1. The SMILES string of the molecule is CN1CCC(Oc2cccc(C3=NCCN3)c2)CC1. The third-order valence-electron chi connectivity index (χ3n) is 3.75. The third-order valence-corrected chi connectivity index (χ3v) is 3.75. The number of nitrogens with one attached hydrogen (secondary N) is 1. The molecular formula is C15H21N3O. The molecule has 0 aliphatic carbocycles. The Morgan fingerprint density at radius 3 is 2.89 bits per heavy atom. The lowest BCUT2D eigenvalue weighted by molar-refractivity contribution is 0.114. The van der Waals surface area contributed by atoms with Crippen LogP contribution in [0.5, 0.6) is 5.75 Å². The molecule has 1 N–H and O–H groups in total. The Balaban J connectivity index is 1.66. The molecule has 19 heavy (non-hydrogen) atoms. The molecule has 1 aromatic carbocycles. The van der Waals surface area contributed by atoms with E-state index in [9.17, 15) is 0 Å². The van der Waals surface area contributed by atoms with Gasteiger partial charge in [0.15, 0.2) is 0 Å². The van der Waals surface area contributed by atoms with Crippen molar-refractivity contribution in [1.82, 2.24) is 10.2 Å². The molecule has 3 rings (SSSR count). The fourth-order valence-corrected chi connectivity index (χ4v) is 2.60. The highest BCUT2D eigenvalue weighted by Gasteiger charge is 2.18. The first kappa shape index (κ1) is 12.5. The summed E-state index contributed by atoms with van der Waals surface area (Å²) in [4.78, 5) is 6.80. The molecule has 1 fully saturated rings. The molecule has 1 saturated heterocycles. The Bertz CT molecular complexity index is 464. The van der Waals surface area contributed by atoms with E-state index >= 15 is 0 Å². The minimum atomic E-state index is 0.352. The van der Waals surface area contributed by atoms with Crippen LogP contribution < -0.4 is 10.1 Å². The number of nitrogens with zero attached hydrogens (tertiary/aromatic N) is 2. The summed E-state index contributed by atoms with van der Waals surface area (Å²) in [5.74, 6) is 1.96. The average molecular weight is 259 g/mol. The van der Waals surface area contributed by atoms with Crippen LogP contribution in [0.25, 0.3) is 0 Å². The van der Waals surface area contributed by atoms with E-state index in [4.69, 9.17) is 4.74 Å². The maximum Gasteiger partial charge on any atom is 0.128 e. The van der Waals surface area contributed by atoms with Crippen molar-refractivity contribution in [3.8, 4) is 5.75 Å². The van der Waals surface area contributed by atoms with Crippen molar-refractivity contribution >= 4 is 5.84 Å². The van der Waals surface area contributed by atoms with E-state index in [1.165, 1.54) is 0 Å². The van der Waals surface area contributed by atoms with E-state index in [0.717, 1.165) is 56.2 Å². The first-order valence-electron chi connectivity index (χ1n) is 7.05. The Morgan fingerprint density at radius 1 is 1.32 bits per heavy atom. The van der Waals surface area contributed by atoms with E-state index in [1.807, 2.05) is 12.1 Å². The minimum Gasteiger partial charge on any atom is -0.490 e. The molecule has 0 radical (unpaired) electrons. The second-order valence-corrected chi connectivity index (χ2v) is 5.31. The van der Waals surface area contributed by atoms with Gasteiger partial charge in [-0.25, -0.2) is 0 Å². The first-order valence-corrected chi connectivity index (χ1v) is 7.05. The Kier molecular flexibility index (Phi) is 3.69. The van der Waals surface area contributed by atoms with Crippen LogP contribution in [0.3, 0.4) is 0 Å². The Hall–Kier alpha value is -1.55. The first-order chi connectivity index (χ1) is 9.31. The lowest BCUT2D eigenvalue weighted by atomic mass is 10.1. The monoisotopic (exact) mass is 259 g/mol. The summed E-state index contributed by atoms with van der Waals surface area (Å²) >= 11 is 0. The predicted octanol–water partition coefficient (Wildman–Crippen LogP) is 1.51. The molecule has 0 bridgehead atoms. The van der Waals surface area contributed by atoms with E-state index < -0.39 is 0 Å². The number of ether oxygens (including phenoxy) is 1. The summed E-state index contributed by atoms with van der Waals surface area (Å²) in [5.41, 5.74) is 1.13. The summed E-state index contributed by atoms with van der Waals surface area (Å²) in [5, 5.41) is 3.30. The molecular weight excluding hydrogens is 238 g/mol. The van der Waals surface area contributed by atoms with Gasteiger partial charge in [0.25, 0.3) is 0 Å². The molecule has 0 saturated carbocycles. The van der Waals surface area contributed by atoms with E-state index in [1.54, 1.807) is 0 Å². The van der Waals surface area contributed by atoms with Crippen molar-refractivity contribution in [2.45, 2.75) is 18.9 Å². The summed E-state index contributed by atoms with van der Waals surface area (Å²) < 4.78 is 6.09. The molecule has 2 aliphatic rings. The van der Waals surface area contributed by atoms with Crippen molar-refractivity contribution in [2.75, 3.05) is 33.2 Å². The number of hydrogen-bond acceptors (Lipinski definition) is 4. The van der Waals surface area contributed by atoms with Gasteiger partial charge in [0, 0.05) is 25.2 Å². The highest BCUT2D eigenvalue weighted by Crippen LogP contribution is 2.20. The maximum absolute atomic E-state index is 6.09. The zero-order valence-corrected chi connectivity index (χ0v) is 11.4. The standard InChI is InChI=1S/C15H21N3O/c1-18-9-5-13(6-10-18)19-14-4-2-3-12(11-14)15-16-7-8-17-15/h2-4,11,13H,5-10H2,1H3,(H,16,17). The van der Waals surface area contributed by atoms with Gasteiger partial charge >= 0.3 is 0 Å². The fourth-order valence-electron chi connectivity index (χ4n) is 2.60. The molecule has 0 unspecified atom stereocenters. The normalized spacial score (nSPS) is 21.0. The Morgan fingerprint density at radius 2 is 2.16 bits per heavy atom. The average Bonchev–Trinajstić information content (AvgIpc) is 2.96. The summed E-state index contributed by atoms with van der Waals surface area (Å²) in [6, 6.07) is 8.26. The molecule has 4 nitrogen and oxygen atoms in total. The molecule has 2 aliphatic heterocycles. The van der Waals surface area contributed by atoms with Crippen LogP contribution in [0, 0.1) is 0 Å². The van der Waals surface area contributed by atoms with Crippen molar-refractivity contribution in [1.29, 1.82) is 0 Å². The summed E-state index contributed by atoms with van der Waals surface area (Å²) in [6.07, 6.45) is 2.57. The lowest BCUT2D eigenvalue weighted by Crippen LogP contribution is -2.35. The van der Waals surface area contributed by atoms with Crippen LogP contribution in [-0.2, 0) is 0 Å². The van der Waals surface area contributed by atoms with Gasteiger partial charge in [0.05, 0.1) is 6.54 Å². The number of aliphatic imine (C=N–C) groups is 1. The molecule has 0 aromatic heterocycles. The van der Waals surface area contributed by atoms with Gasteiger partial charge in [-0.3, -0.25) is 4.99 Å². The zero-order chi connectivity index (χ0) is 13.1. The van der Waals surface area contributed by atoms with Crippen molar-refractivity contribution < 1.29 is 4.74 Å². The largest absolute Gasteiger partial charge is 0.490 e. The molecule has 0 spiro atoms. The fraction of sp³-hybridized carbons (Fsp3) is 0.533. The van der Waals surface area contributed by atoms with Gasteiger partial charge in [-0.1, -0.05) is 12.1 Å². The third kappa shape index (κ3) is 3.07. The predicted molar refractivity (Wildman–Crippen MR) is 77.0 cm³/mol. The lowest BCUT2D eigenvalue weighted by Gasteiger charge is -2.29. The van der Waals surface area contributed by atoms with E-state index in [-0.39, 0.29) is 0 Å². The number of benzene rings is 1. The van der Waals surface area contributed by atoms with Gasteiger partial charge in [-0.15, -0.1) is 0 Å². The van der Waals surface area contributed by atoms with Crippen molar-refractivity contribution in [2.24, 2.45) is 4.99 Å². The quantitative estimate of drug-likeness (QED) is 0.894. The smallest absolute Gasteiger partial charge is 0.128 e. The number of rotatable bonds is 3. The molecule has 4 heteroatoms. The molecule has 2 heterocycles. The van der Waals surface area contributed by atoms with Gasteiger partial charge < -0.3 is 15.0 Å². The van der Waals surface area contributed by atoms with Crippen LogP contribution >= 0.6 is 0 Å². The number of piperidine rings is 1. The highest BCUT2D eigenvalue weighted by molar-refractivity contribution is 6.00. The summed E-state index contributed by atoms with van der Waals surface area (Å²) in [6.45, 7) is 4.06. The molecule has 0 atom stereocenters. The Labute approximate surface area is 114 Å². The second-order valence-electron chi connectivity index (χ2n) is 5.31. The number of likely N-dealkylation sites (tertiary alicyclic amines) is 1. The second kappa shape index (κ2) is 5.61. The van der Waals surface area contributed by atoms with Gasteiger partial charge in [0.2, 0.25) is 0 Å². The maximum atomic E-state index is 6.09. The van der Waals surface area contributed by atoms with Crippen molar-refractivity contribution in [3.63, 3.8) is 0 Å². The van der Waals surface area contributed by atoms with Crippen LogP contribution in [0.15, 0.2) is 29.3 Å². The molecule has 0 amide bonds. The molecule has 102 valence electrons. The van der Waals surface area contributed by atoms with E-state index in [2.05, 4.69) is 34.4 Å². The van der Waals surface area contributed by atoms with Crippen molar-refractivity contribution in [3.05, 3.63) is 29.8 Å². The van der Waals surface area contributed by atoms with E-state index in [0.29, 0.717) is 6.10 Å². The van der Waals surface area contributed by atoms with Gasteiger partial charge in [0.1, 0.15) is 17.7 Å². The van der Waals surface area contributed by atoms with Crippen LogP contribution in [0.4, 0.5) is 0 Å². The van der Waals surface area contributed by atoms with Crippen LogP contribution in [-0.4, -0.2) is 50.1 Å². The highest BCUT2D eigenvalue weighted by atomic mass is 16.5.